The SMILES string of the molecule is Cc1cc(O[C@@H]2CN[C@H](C(=O)N3CC=C(c4cc(C)c(C#N)c(C)c4)CC3)[C@@H](C(=O)NO)C2)c2ccccc2n1. The van der Waals surface area contributed by atoms with E-state index in [1.165, 1.54) is 0 Å². The Morgan fingerprint density at radius 1 is 1.18 bits per heavy atom. The van der Waals surface area contributed by atoms with Crippen LogP contribution in [0, 0.1) is 38.0 Å². The van der Waals surface area contributed by atoms with Gasteiger partial charge in [-0.15, -0.1) is 0 Å². The molecule has 2 aromatic carbocycles. The zero-order valence-electron chi connectivity index (χ0n) is 22.9. The first kappa shape index (κ1) is 27.3. The molecule has 0 spiro atoms. The summed E-state index contributed by atoms with van der Waals surface area (Å²) in [6.07, 6.45) is 2.59. The fourth-order valence-corrected chi connectivity index (χ4v) is 5.79. The van der Waals surface area contributed by atoms with Crippen LogP contribution in [0.4, 0.5) is 0 Å². The van der Waals surface area contributed by atoms with Crippen molar-refractivity contribution in [3.63, 3.8) is 0 Å². The lowest BCUT2D eigenvalue weighted by Gasteiger charge is -2.38. The molecule has 2 aliphatic rings. The average molecular weight is 540 g/mol. The van der Waals surface area contributed by atoms with Crippen LogP contribution < -0.4 is 15.5 Å². The number of fused-ring (bicyclic) bond motifs is 1. The van der Waals surface area contributed by atoms with E-state index < -0.39 is 17.9 Å². The number of carbonyl (C=O) groups is 2. The predicted molar refractivity (Wildman–Crippen MR) is 151 cm³/mol. The molecule has 3 atom stereocenters. The molecule has 3 aromatic rings. The summed E-state index contributed by atoms with van der Waals surface area (Å²) in [6.45, 7) is 7.07. The first-order valence-corrected chi connectivity index (χ1v) is 13.5. The van der Waals surface area contributed by atoms with E-state index in [1.807, 2.05) is 69.3 Å². The van der Waals surface area contributed by atoms with Crippen LogP contribution in [-0.4, -0.2) is 58.7 Å². The Labute approximate surface area is 233 Å². The van der Waals surface area contributed by atoms with Gasteiger partial charge in [-0.1, -0.05) is 30.3 Å². The van der Waals surface area contributed by atoms with Crippen LogP contribution in [0.15, 0.2) is 48.5 Å². The third-order valence-electron chi connectivity index (χ3n) is 7.83. The summed E-state index contributed by atoms with van der Waals surface area (Å²) in [4.78, 5) is 32.6. The van der Waals surface area contributed by atoms with Crippen LogP contribution in [0.1, 0.15) is 40.8 Å². The Hall–Kier alpha value is -4.26. The number of hydrogen-bond acceptors (Lipinski definition) is 7. The Bertz CT molecular complexity index is 1520. The van der Waals surface area contributed by atoms with E-state index in [4.69, 9.17) is 4.74 Å². The van der Waals surface area contributed by atoms with Gasteiger partial charge in [0.25, 0.3) is 0 Å². The topological polar surface area (TPSA) is 128 Å². The maximum absolute atomic E-state index is 13.6. The lowest BCUT2D eigenvalue weighted by atomic mass is 9.87. The van der Waals surface area contributed by atoms with Gasteiger partial charge in [0.1, 0.15) is 11.9 Å². The minimum absolute atomic E-state index is 0.181. The molecule has 1 fully saturated rings. The number of hydroxylamine groups is 1. The molecule has 9 heteroatoms. The van der Waals surface area contributed by atoms with Crippen LogP contribution in [0.25, 0.3) is 16.5 Å². The minimum Gasteiger partial charge on any atom is -0.488 e. The Kier molecular flexibility index (Phi) is 7.83. The predicted octanol–water partition coefficient (Wildman–Crippen LogP) is 3.58. The van der Waals surface area contributed by atoms with Gasteiger partial charge in [0.15, 0.2) is 0 Å². The molecular formula is C31H33N5O4. The average Bonchev–Trinajstić information content (AvgIpc) is 2.96. The number of piperidine rings is 1. The fraction of sp³-hybridized carbons (Fsp3) is 0.355. The van der Waals surface area contributed by atoms with Crippen molar-refractivity contribution in [3.05, 3.63) is 76.5 Å². The fourth-order valence-electron chi connectivity index (χ4n) is 5.79. The van der Waals surface area contributed by atoms with Crippen LogP contribution in [0.3, 0.4) is 0 Å². The van der Waals surface area contributed by atoms with Crippen molar-refractivity contribution in [3.8, 4) is 11.8 Å². The molecule has 206 valence electrons. The number of rotatable bonds is 5. The summed E-state index contributed by atoms with van der Waals surface area (Å²) in [5.41, 5.74) is 8.15. The monoisotopic (exact) mass is 539 g/mol. The lowest BCUT2D eigenvalue weighted by molar-refractivity contribution is -0.145. The smallest absolute Gasteiger partial charge is 0.248 e. The number of para-hydroxylation sites is 1. The molecule has 0 saturated carbocycles. The molecule has 3 N–H and O–H groups in total. The van der Waals surface area contributed by atoms with E-state index in [2.05, 4.69) is 16.4 Å². The van der Waals surface area contributed by atoms with Gasteiger partial charge < -0.3 is 15.0 Å². The number of hydrogen-bond donors (Lipinski definition) is 3. The summed E-state index contributed by atoms with van der Waals surface area (Å²) in [6, 6.07) is 15.1. The Balaban J connectivity index is 1.30. The van der Waals surface area contributed by atoms with Crippen molar-refractivity contribution in [1.82, 2.24) is 20.7 Å². The highest BCUT2D eigenvalue weighted by Gasteiger charge is 2.42. The van der Waals surface area contributed by atoms with Crippen molar-refractivity contribution >= 4 is 28.3 Å². The molecular weight excluding hydrogens is 506 g/mol. The summed E-state index contributed by atoms with van der Waals surface area (Å²) in [7, 11) is 0. The molecule has 2 amide bonds. The second-order valence-corrected chi connectivity index (χ2v) is 10.6. The Morgan fingerprint density at radius 2 is 1.93 bits per heavy atom. The highest BCUT2D eigenvalue weighted by atomic mass is 16.5. The van der Waals surface area contributed by atoms with E-state index in [0.717, 1.165) is 38.9 Å². The van der Waals surface area contributed by atoms with Crippen LogP contribution >= 0.6 is 0 Å². The van der Waals surface area contributed by atoms with Crippen molar-refractivity contribution in [1.29, 1.82) is 5.26 Å². The third-order valence-corrected chi connectivity index (χ3v) is 7.83. The molecule has 0 radical (unpaired) electrons. The second kappa shape index (κ2) is 11.5. The van der Waals surface area contributed by atoms with Crippen LogP contribution in [0.2, 0.25) is 0 Å². The summed E-state index contributed by atoms with van der Waals surface area (Å²) in [5, 5.41) is 22.9. The second-order valence-electron chi connectivity index (χ2n) is 10.6. The number of nitrogens with zero attached hydrogens (tertiary/aromatic N) is 3. The van der Waals surface area contributed by atoms with E-state index in [1.54, 1.807) is 10.4 Å². The van der Waals surface area contributed by atoms with Crippen molar-refractivity contribution < 1.29 is 19.5 Å². The Morgan fingerprint density at radius 3 is 2.60 bits per heavy atom. The normalized spacial score (nSPS) is 20.9. The lowest BCUT2D eigenvalue weighted by Crippen LogP contribution is -2.60. The van der Waals surface area contributed by atoms with Crippen LogP contribution in [0.5, 0.6) is 5.75 Å². The maximum Gasteiger partial charge on any atom is 0.248 e. The molecule has 5 rings (SSSR count). The zero-order chi connectivity index (χ0) is 28.4. The van der Waals surface area contributed by atoms with Gasteiger partial charge in [-0.05, 0) is 68.0 Å². The van der Waals surface area contributed by atoms with Crippen molar-refractivity contribution in [2.24, 2.45) is 5.92 Å². The quantitative estimate of drug-likeness (QED) is 0.334. The molecule has 2 aliphatic heterocycles. The minimum atomic E-state index is -0.806. The highest BCUT2D eigenvalue weighted by Crippen LogP contribution is 2.31. The molecule has 0 bridgehead atoms. The number of aromatic nitrogens is 1. The molecule has 3 heterocycles. The number of carbonyl (C=O) groups excluding carboxylic acids is 2. The van der Waals surface area contributed by atoms with E-state index in [9.17, 15) is 20.1 Å². The van der Waals surface area contributed by atoms with E-state index in [0.29, 0.717) is 37.4 Å². The van der Waals surface area contributed by atoms with Crippen LogP contribution in [-0.2, 0) is 9.59 Å². The molecule has 0 unspecified atom stereocenters. The summed E-state index contributed by atoms with van der Waals surface area (Å²) < 4.78 is 6.33. The summed E-state index contributed by atoms with van der Waals surface area (Å²) in [5.74, 6) is -0.934. The standard InChI is InChI=1S/C31H33N5O4/c1-18-12-22(13-19(2)26(18)16-32)21-8-10-36(11-9-21)31(38)29-25(30(37)35-39)15-23(17-33-29)40-28-14-20(3)34-27-7-5-4-6-24(27)28/h4-8,12-14,23,25,29,33,39H,9-11,15,17H2,1-3H3,(H,35,37)/t23-,25-,29-/m0/s1. The maximum atomic E-state index is 13.6. The molecule has 0 aliphatic carbocycles. The first-order valence-electron chi connectivity index (χ1n) is 13.5. The first-order chi connectivity index (χ1) is 19.3. The third kappa shape index (κ3) is 5.41. The number of nitriles is 1. The number of nitrogens with one attached hydrogen (secondary N) is 2. The summed E-state index contributed by atoms with van der Waals surface area (Å²) >= 11 is 0. The molecule has 1 saturated heterocycles. The van der Waals surface area contributed by atoms with Crippen molar-refractivity contribution in [2.75, 3.05) is 19.6 Å². The molecule has 1 aromatic heterocycles. The van der Waals surface area contributed by atoms with E-state index in [-0.39, 0.29) is 18.4 Å². The van der Waals surface area contributed by atoms with E-state index >= 15 is 0 Å². The highest BCUT2D eigenvalue weighted by molar-refractivity contribution is 5.91. The zero-order valence-corrected chi connectivity index (χ0v) is 22.9. The largest absolute Gasteiger partial charge is 0.488 e. The number of ether oxygens (including phenoxy) is 1. The van der Waals surface area contributed by atoms with Gasteiger partial charge in [0.05, 0.1) is 29.1 Å². The molecule has 9 nitrogen and oxygen atoms in total. The van der Waals surface area contributed by atoms with Gasteiger partial charge in [-0.3, -0.25) is 19.8 Å². The van der Waals surface area contributed by atoms with Gasteiger partial charge in [0, 0.05) is 36.8 Å². The van der Waals surface area contributed by atoms with Gasteiger partial charge in [-0.2, -0.15) is 5.26 Å². The van der Waals surface area contributed by atoms with Gasteiger partial charge in [-0.25, -0.2) is 5.48 Å². The number of amides is 2. The van der Waals surface area contributed by atoms with Crippen molar-refractivity contribution in [2.45, 2.75) is 45.8 Å². The molecule has 40 heavy (non-hydrogen) atoms. The number of benzene rings is 2. The van der Waals surface area contributed by atoms with Gasteiger partial charge >= 0.3 is 0 Å². The number of aryl methyl sites for hydroxylation is 3. The number of pyridine rings is 1. The van der Waals surface area contributed by atoms with Gasteiger partial charge in [0.2, 0.25) is 11.8 Å².